The molecule has 96 valence electrons. The molecule has 1 fully saturated rings. The smallest absolute Gasteiger partial charge is 0.248 e. The average Bonchev–Trinajstić information content (AvgIpc) is 2.37. The lowest BCUT2D eigenvalue weighted by Gasteiger charge is -2.39. The summed E-state index contributed by atoms with van der Waals surface area (Å²) < 4.78 is 0. The molecule has 5 heteroatoms. The first-order valence-electron chi connectivity index (χ1n) is 6.28. The molecule has 1 aliphatic carbocycles. The van der Waals surface area contributed by atoms with Crippen LogP contribution in [0.15, 0.2) is 24.3 Å². The van der Waals surface area contributed by atoms with Crippen molar-refractivity contribution in [1.82, 2.24) is 0 Å². The van der Waals surface area contributed by atoms with Crippen molar-refractivity contribution in [3.63, 3.8) is 0 Å². The van der Waals surface area contributed by atoms with E-state index < -0.39 is 5.41 Å². The predicted molar refractivity (Wildman–Crippen MR) is 69.3 cm³/mol. The average molecular weight is 255 g/mol. The lowest BCUT2D eigenvalue weighted by Crippen LogP contribution is -2.51. The summed E-state index contributed by atoms with van der Waals surface area (Å²) in [6.45, 7) is -0.0146. The molecule has 1 aromatic carbocycles. The largest absolute Gasteiger partial charge is 0.323 e. The van der Waals surface area contributed by atoms with Gasteiger partial charge in [0.25, 0.3) is 0 Å². The van der Waals surface area contributed by atoms with E-state index in [4.69, 9.17) is 0 Å². The first-order valence-corrected chi connectivity index (χ1v) is 6.28. The maximum atomic E-state index is 12.6. The van der Waals surface area contributed by atoms with Crippen LogP contribution >= 0.6 is 0 Å². The van der Waals surface area contributed by atoms with Crippen LogP contribution in [0, 0.1) is 16.7 Å². The van der Waals surface area contributed by atoms with Crippen molar-refractivity contribution in [2.75, 3.05) is 16.8 Å². The van der Waals surface area contributed by atoms with Gasteiger partial charge < -0.3 is 5.32 Å². The van der Waals surface area contributed by atoms with Crippen molar-refractivity contribution in [2.45, 2.75) is 19.3 Å². The predicted octanol–water partition coefficient (Wildman–Crippen LogP) is 1.67. The van der Waals surface area contributed by atoms with Gasteiger partial charge in [0.1, 0.15) is 12.0 Å². The van der Waals surface area contributed by atoms with Crippen molar-refractivity contribution in [3.05, 3.63) is 24.3 Å². The highest BCUT2D eigenvalue weighted by Gasteiger charge is 2.48. The van der Waals surface area contributed by atoms with E-state index in [0.717, 1.165) is 6.42 Å². The number of para-hydroxylation sites is 2. The Kier molecular flexibility index (Phi) is 2.53. The number of nitriles is 1. The van der Waals surface area contributed by atoms with Gasteiger partial charge in [-0.2, -0.15) is 5.26 Å². The summed E-state index contributed by atoms with van der Waals surface area (Å²) in [6.07, 6.45) is 2.06. The number of nitrogens with zero attached hydrogens (tertiary/aromatic N) is 2. The third kappa shape index (κ3) is 1.68. The quantitative estimate of drug-likeness (QED) is 0.829. The van der Waals surface area contributed by atoms with Crippen LogP contribution < -0.4 is 10.2 Å². The van der Waals surface area contributed by atoms with E-state index >= 15 is 0 Å². The molecule has 2 amide bonds. The van der Waals surface area contributed by atoms with Crippen LogP contribution in [0.4, 0.5) is 11.4 Å². The molecule has 1 heterocycles. The maximum Gasteiger partial charge on any atom is 0.248 e. The maximum absolute atomic E-state index is 12.6. The van der Waals surface area contributed by atoms with Crippen molar-refractivity contribution in [1.29, 1.82) is 5.26 Å². The zero-order valence-electron chi connectivity index (χ0n) is 10.3. The van der Waals surface area contributed by atoms with E-state index in [1.54, 1.807) is 18.2 Å². The highest BCUT2D eigenvalue weighted by atomic mass is 16.2. The van der Waals surface area contributed by atoms with Crippen molar-refractivity contribution < 1.29 is 9.59 Å². The SMILES string of the molecule is N#CC1(C(=O)N2CC(=O)Nc3ccccc32)CCC1. The lowest BCUT2D eigenvalue weighted by molar-refractivity contribution is -0.130. The highest BCUT2D eigenvalue weighted by molar-refractivity contribution is 6.12. The van der Waals surface area contributed by atoms with Crippen molar-refractivity contribution in [3.8, 4) is 6.07 Å². The topological polar surface area (TPSA) is 73.2 Å². The Hall–Kier alpha value is -2.35. The second-order valence-electron chi connectivity index (χ2n) is 5.00. The molecule has 0 unspecified atom stereocenters. The zero-order valence-corrected chi connectivity index (χ0v) is 10.3. The van der Waals surface area contributed by atoms with Crippen molar-refractivity contribution >= 4 is 23.2 Å². The first kappa shape index (κ1) is 11.7. The Morgan fingerprint density at radius 1 is 1.37 bits per heavy atom. The van der Waals surface area contributed by atoms with E-state index in [-0.39, 0.29) is 18.4 Å². The number of hydrogen-bond donors (Lipinski definition) is 1. The zero-order chi connectivity index (χ0) is 13.5. The highest BCUT2D eigenvalue weighted by Crippen LogP contribution is 2.43. The molecule has 3 rings (SSSR count). The molecule has 2 aliphatic rings. The summed E-state index contributed by atoms with van der Waals surface area (Å²) in [5, 5.41) is 12.0. The van der Waals surface area contributed by atoms with E-state index in [0.29, 0.717) is 24.2 Å². The lowest BCUT2D eigenvalue weighted by atomic mass is 9.69. The number of carbonyl (C=O) groups excluding carboxylic acids is 2. The standard InChI is InChI=1S/C14H13N3O2/c15-9-14(6-3-7-14)13(19)17-8-12(18)16-10-4-1-2-5-11(10)17/h1-2,4-5H,3,6-8H2,(H,16,18). The van der Waals surface area contributed by atoms with E-state index in [1.165, 1.54) is 4.90 Å². The first-order chi connectivity index (χ1) is 9.16. The molecule has 0 atom stereocenters. The number of fused-ring (bicyclic) bond motifs is 1. The van der Waals surface area contributed by atoms with Gasteiger partial charge in [-0.25, -0.2) is 0 Å². The number of rotatable bonds is 1. The molecule has 19 heavy (non-hydrogen) atoms. The number of carbonyl (C=O) groups is 2. The van der Waals surface area contributed by atoms with Crippen LogP contribution in [0.3, 0.4) is 0 Å². The van der Waals surface area contributed by atoms with Gasteiger partial charge in [-0.3, -0.25) is 14.5 Å². The number of benzene rings is 1. The van der Waals surface area contributed by atoms with Crippen LogP contribution in [-0.4, -0.2) is 18.4 Å². The van der Waals surface area contributed by atoms with Gasteiger partial charge in [0.2, 0.25) is 11.8 Å². The van der Waals surface area contributed by atoms with Gasteiger partial charge in [-0.15, -0.1) is 0 Å². The second kappa shape index (κ2) is 4.09. The molecule has 0 spiro atoms. The molecular formula is C14H13N3O2. The van der Waals surface area contributed by atoms with Crippen LogP contribution in [-0.2, 0) is 9.59 Å². The third-order valence-electron chi connectivity index (χ3n) is 3.85. The summed E-state index contributed by atoms with van der Waals surface area (Å²) in [6, 6.07) is 9.30. The van der Waals surface area contributed by atoms with Crippen LogP contribution in [0.2, 0.25) is 0 Å². The number of nitrogens with one attached hydrogen (secondary N) is 1. The molecule has 1 aromatic rings. The summed E-state index contributed by atoms with van der Waals surface area (Å²) >= 11 is 0. The Morgan fingerprint density at radius 3 is 2.74 bits per heavy atom. The monoisotopic (exact) mass is 255 g/mol. The van der Waals surface area contributed by atoms with Gasteiger partial charge in [-0.1, -0.05) is 12.1 Å². The molecule has 0 saturated heterocycles. The molecular weight excluding hydrogens is 242 g/mol. The summed E-state index contributed by atoms with van der Waals surface area (Å²) in [5.41, 5.74) is 0.373. The summed E-state index contributed by atoms with van der Waals surface area (Å²) in [7, 11) is 0. The van der Waals surface area contributed by atoms with E-state index in [1.807, 2.05) is 6.07 Å². The Balaban J connectivity index is 2.00. The Bertz CT molecular complexity index is 599. The Morgan fingerprint density at radius 2 is 2.11 bits per heavy atom. The minimum Gasteiger partial charge on any atom is -0.323 e. The van der Waals surface area contributed by atoms with E-state index in [9.17, 15) is 14.9 Å². The van der Waals surface area contributed by atoms with Crippen LogP contribution in [0.1, 0.15) is 19.3 Å². The number of hydrogen-bond acceptors (Lipinski definition) is 3. The van der Waals surface area contributed by atoms with Gasteiger partial charge in [0.15, 0.2) is 0 Å². The molecule has 0 bridgehead atoms. The molecule has 0 radical (unpaired) electrons. The van der Waals surface area contributed by atoms with Gasteiger partial charge in [0.05, 0.1) is 17.4 Å². The fourth-order valence-electron chi connectivity index (χ4n) is 2.58. The molecule has 1 N–H and O–H groups in total. The second-order valence-corrected chi connectivity index (χ2v) is 5.00. The molecule has 1 aliphatic heterocycles. The van der Waals surface area contributed by atoms with Gasteiger partial charge >= 0.3 is 0 Å². The van der Waals surface area contributed by atoms with Gasteiger partial charge in [-0.05, 0) is 31.4 Å². The number of anilines is 2. The molecule has 5 nitrogen and oxygen atoms in total. The summed E-state index contributed by atoms with van der Waals surface area (Å²) in [4.78, 5) is 25.7. The number of amides is 2. The van der Waals surface area contributed by atoms with E-state index in [2.05, 4.69) is 11.4 Å². The van der Waals surface area contributed by atoms with Crippen LogP contribution in [0.5, 0.6) is 0 Å². The molecule has 1 saturated carbocycles. The minimum atomic E-state index is -0.926. The third-order valence-corrected chi connectivity index (χ3v) is 3.85. The normalized spacial score (nSPS) is 19.7. The minimum absolute atomic E-state index is 0.0146. The Labute approximate surface area is 110 Å². The summed E-state index contributed by atoms with van der Waals surface area (Å²) in [5.74, 6) is -0.469. The molecule has 0 aromatic heterocycles. The fourth-order valence-corrected chi connectivity index (χ4v) is 2.58. The van der Waals surface area contributed by atoms with Crippen molar-refractivity contribution in [2.24, 2.45) is 5.41 Å². The van der Waals surface area contributed by atoms with Gasteiger partial charge in [0, 0.05) is 0 Å². The van der Waals surface area contributed by atoms with Crippen LogP contribution in [0.25, 0.3) is 0 Å². The fraction of sp³-hybridized carbons (Fsp3) is 0.357.